The van der Waals surface area contributed by atoms with Gasteiger partial charge in [0.1, 0.15) is 6.42 Å². The smallest absolute Gasteiger partial charge is 0.307 e. The van der Waals surface area contributed by atoms with Crippen molar-refractivity contribution in [1.82, 2.24) is 10.2 Å². The van der Waals surface area contributed by atoms with Crippen LogP contribution in [0.5, 0.6) is 0 Å². The normalized spacial score (nSPS) is 15.3. The number of nitrogens with one attached hydrogen (secondary N) is 2. The molecule has 0 atom stereocenters. The van der Waals surface area contributed by atoms with E-state index in [1.165, 1.54) is 0 Å². The summed E-state index contributed by atoms with van der Waals surface area (Å²) in [6, 6.07) is 6.42. The van der Waals surface area contributed by atoms with Gasteiger partial charge in [0.15, 0.2) is 0 Å². The standard InChI is InChI=1S/C11H9N3O4/c15-8-6-9(16)14(11(18)13-8)10(17)12-7-4-2-1-3-5-7/h1-5H,6H2,(H,12,17)(H,13,15,18). The number of para-hydroxylation sites is 1. The van der Waals surface area contributed by atoms with Gasteiger partial charge >= 0.3 is 12.1 Å². The summed E-state index contributed by atoms with van der Waals surface area (Å²) < 4.78 is 0. The highest BCUT2D eigenvalue weighted by Crippen LogP contribution is 2.09. The van der Waals surface area contributed by atoms with Crippen LogP contribution in [0.25, 0.3) is 0 Å². The number of rotatable bonds is 1. The number of benzene rings is 1. The number of anilines is 1. The Labute approximate surface area is 102 Å². The van der Waals surface area contributed by atoms with Gasteiger partial charge in [-0.05, 0) is 12.1 Å². The second-order valence-electron chi connectivity index (χ2n) is 3.56. The van der Waals surface area contributed by atoms with Crippen LogP contribution in [0.15, 0.2) is 30.3 Å². The summed E-state index contributed by atoms with van der Waals surface area (Å²) in [4.78, 5) is 45.8. The fourth-order valence-corrected chi connectivity index (χ4v) is 1.46. The molecule has 2 N–H and O–H groups in total. The number of imide groups is 4. The van der Waals surface area contributed by atoms with Gasteiger partial charge in [0.2, 0.25) is 11.8 Å². The molecule has 18 heavy (non-hydrogen) atoms. The summed E-state index contributed by atoms with van der Waals surface area (Å²) in [7, 11) is 0. The van der Waals surface area contributed by atoms with Crippen LogP contribution in [0.3, 0.4) is 0 Å². The maximum atomic E-state index is 11.7. The molecule has 7 heteroatoms. The maximum Gasteiger partial charge on any atom is 0.339 e. The van der Waals surface area contributed by atoms with Crippen LogP contribution >= 0.6 is 0 Å². The number of barbiturate groups is 1. The summed E-state index contributed by atoms with van der Waals surface area (Å²) in [5.41, 5.74) is 0.444. The zero-order chi connectivity index (χ0) is 13.1. The van der Waals surface area contributed by atoms with Crippen molar-refractivity contribution in [3.63, 3.8) is 0 Å². The predicted molar refractivity (Wildman–Crippen MR) is 60.5 cm³/mol. The van der Waals surface area contributed by atoms with E-state index in [0.717, 1.165) is 0 Å². The molecule has 0 radical (unpaired) electrons. The van der Waals surface area contributed by atoms with Crippen LogP contribution in [0.1, 0.15) is 6.42 Å². The van der Waals surface area contributed by atoms with Crippen molar-refractivity contribution in [1.29, 1.82) is 0 Å². The average Bonchev–Trinajstić information content (AvgIpc) is 2.28. The fourth-order valence-electron chi connectivity index (χ4n) is 1.46. The van der Waals surface area contributed by atoms with Gasteiger partial charge < -0.3 is 5.32 Å². The van der Waals surface area contributed by atoms with Crippen molar-refractivity contribution in [2.45, 2.75) is 6.42 Å². The number of carbonyl (C=O) groups is 4. The van der Waals surface area contributed by atoms with Crippen LogP contribution in [0, 0.1) is 0 Å². The summed E-state index contributed by atoms with van der Waals surface area (Å²) in [5.74, 6) is -1.56. The van der Waals surface area contributed by atoms with Gasteiger partial charge in [-0.15, -0.1) is 0 Å². The first-order valence-electron chi connectivity index (χ1n) is 5.11. The first-order chi connectivity index (χ1) is 8.58. The van der Waals surface area contributed by atoms with Crippen LogP contribution in [0.2, 0.25) is 0 Å². The number of amides is 6. The third kappa shape index (κ3) is 2.34. The molecule has 0 spiro atoms. The molecule has 6 amide bonds. The maximum absolute atomic E-state index is 11.7. The minimum Gasteiger partial charge on any atom is -0.307 e. The van der Waals surface area contributed by atoms with E-state index in [4.69, 9.17) is 0 Å². The topological polar surface area (TPSA) is 95.6 Å². The minimum atomic E-state index is -1.04. The molecule has 0 aliphatic carbocycles. The monoisotopic (exact) mass is 247 g/mol. The summed E-state index contributed by atoms with van der Waals surface area (Å²) in [6.07, 6.45) is -0.520. The average molecular weight is 247 g/mol. The zero-order valence-corrected chi connectivity index (χ0v) is 9.17. The molecule has 1 saturated heterocycles. The van der Waals surface area contributed by atoms with E-state index < -0.39 is 30.3 Å². The molecule has 2 rings (SSSR count). The number of carbonyl (C=O) groups excluding carboxylic acids is 4. The quantitative estimate of drug-likeness (QED) is 0.713. The SMILES string of the molecule is O=C1CC(=O)N(C(=O)Nc2ccccc2)C(=O)N1. The molecule has 92 valence electrons. The number of hydrogen-bond donors (Lipinski definition) is 2. The fraction of sp³-hybridized carbons (Fsp3) is 0.0909. The second-order valence-corrected chi connectivity index (χ2v) is 3.56. The third-order valence-electron chi connectivity index (χ3n) is 2.24. The lowest BCUT2D eigenvalue weighted by molar-refractivity contribution is -0.134. The summed E-state index contributed by atoms with van der Waals surface area (Å²) >= 11 is 0. The molecule has 1 aliphatic rings. The Hall–Kier alpha value is -2.70. The third-order valence-corrected chi connectivity index (χ3v) is 2.24. The van der Waals surface area contributed by atoms with Crippen molar-refractivity contribution in [2.24, 2.45) is 0 Å². The number of nitrogens with zero attached hydrogens (tertiary/aromatic N) is 1. The molecule has 1 aromatic carbocycles. The Morgan fingerprint density at radius 1 is 1.17 bits per heavy atom. The second kappa shape index (κ2) is 4.66. The van der Waals surface area contributed by atoms with E-state index in [9.17, 15) is 19.2 Å². The zero-order valence-electron chi connectivity index (χ0n) is 9.17. The van der Waals surface area contributed by atoms with Gasteiger partial charge in [-0.25, -0.2) is 9.59 Å². The molecular weight excluding hydrogens is 238 g/mol. The van der Waals surface area contributed by atoms with Gasteiger partial charge in [-0.2, -0.15) is 4.90 Å². The number of hydrogen-bond acceptors (Lipinski definition) is 4. The lowest BCUT2D eigenvalue weighted by atomic mass is 10.3. The Kier molecular flexibility index (Phi) is 3.05. The number of urea groups is 2. The molecule has 0 aromatic heterocycles. The van der Waals surface area contributed by atoms with Crippen LogP contribution in [0.4, 0.5) is 15.3 Å². The van der Waals surface area contributed by atoms with E-state index in [2.05, 4.69) is 5.32 Å². The van der Waals surface area contributed by atoms with Crippen molar-refractivity contribution >= 4 is 29.6 Å². The first-order valence-corrected chi connectivity index (χ1v) is 5.11. The van der Waals surface area contributed by atoms with Crippen LogP contribution in [-0.4, -0.2) is 28.8 Å². The Morgan fingerprint density at radius 3 is 2.44 bits per heavy atom. The molecule has 1 aromatic rings. The van der Waals surface area contributed by atoms with Gasteiger partial charge in [0.05, 0.1) is 0 Å². The highest BCUT2D eigenvalue weighted by Gasteiger charge is 2.35. The van der Waals surface area contributed by atoms with Crippen LogP contribution < -0.4 is 10.6 Å². The molecular formula is C11H9N3O4. The van der Waals surface area contributed by atoms with Crippen molar-refractivity contribution in [2.75, 3.05) is 5.32 Å². The molecule has 0 bridgehead atoms. The van der Waals surface area contributed by atoms with E-state index in [0.29, 0.717) is 10.6 Å². The van der Waals surface area contributed by atoms with E-state index in [1.54, 1.807) is 30.3 Å². The molecule has 1 heterocycles. The Morgan fingerprint density at radius 2 is 1.83 bits per heavy atom. The minimum absolute atomic E-state index is 0.369. The van der Waals surface area contributed by atoms with E-state index in [-0.39, 0.29) is 0 Å². The van der Waals surface area contributed by atoms with E-state index in [1.807, 2.05) is 5.32 Å². The lowest BCUT2D eigenvalue weighted by Crippen LogP contribution is -2.56. The first kappa shape index (κ1) is 11.8. The van der Waals surface area contributed by atoms with Crippen molar-refractivity contribution in [3.05, 3.63) is 30.3 Å². The highest BCUT2D eigenvalue weighted by atomic mass is 16.2. The Balaban J connectivity index is 2.11. The van der Waals surface area contributed by atoms with E-state index >= 15 is 0 Å². The molecule has 1 aliphatic heterocycles. The molecule has 7 nitrogen and oxygen atoms in total. The van der Waals surface area contributed by atoms with Gasteiger partial charge in [0.25, 0.3) is 0 Å². The highest BCUT2D eigenvalue weighted by molar-refractivity contribution is 6.23. The summed E-state index contributed by atoms with van der Waals surface area (Å²) in [6.45, 7) is 0. The van der Waals surface area contributed by atoms with Crippen molar-refractivity contribution < 1.29 is 19.2 Å². The largest absolute Gasteiger partial charge is 0.339 e. The van der Waals surface area contributed by atoms with Gasteiger partial charge in [0, 0.05) is 5.69 Å². The van der Waals surface area contributed by atoms with Crippen molar-refractivity contribution in [3.8, 4) is 0 Å². The van der Waals surface area contributed by atoms with Gasteiger partial charge in [-0.3, -0.25) is 14.9 Å². The summed E-state index contributed by atoms with van der Waals surface area (Å²) in [5, 5.41) is 4.27. The molecule has 0 unspecified atom stereocenters. The van der Waals surface area contributed by atoms with Gasteiger partial charge in [-0.1, -0.05) is 18.2 Å². The lowest BCUT2D eigenvalue weighted by Gasteiger charge is -2.22. The Bertz CT molecular complexity index is 506. The molecule has 0 saturated carbocycles. The molecule has 1 fully saturated rings. The predicted octanol–water partition coefficient (Wildman–Crippen LogP) is 0.687. The van der Waals surface area contributed by atoms with Crippen LogP contribution in [-0.2, 0) is 9.59 Å².